The Morgan fingerprint density at radius 1 is 1.04 bits per heavy atom. The minimum absolute atomic E-state index is 0.143. The maximum absolute atomic E-state index is 12.7. The fourth-order valence-corrected chi connectivity index (χ4v) is 3.81. The van der Waals surface area contributed by atoms with Crippen LogP contribution in [-0.2, 0) is 9.59 Å². The summed E-state index contributed by atoms with van der Waals surface area (Å²) in [6.45, 7) is 0.157. The number of rotatable bonds is 5. The molecule has 140 valence electrons. The van der Waals surface area contributed by atoms with E-state index in [2.05, 4.69) is 10.6 Å². The lowest BCUT2D eigenvalue weighted by Crippen LogP contribution is -2.49. The van der Waals surface area contributed by atoms with Gasteiger partial charge in [-0.15, -0.1) is 0 Å². The molecule has 7 heteroatoms. The fraction of sp³-hybridized carbons (Fsp3) is 0.526. The average molecular weight is 358 g/mol. The Morgan fingerprint density at radius 3 is 2.38 bits per heavy atom. The Hall–Kier alpha value is -2.41. The molecule has 1 saturated carbocycles. The molecular weight excluding hydrogens is 332 g/mol. The van der Waals surface area contributed by atoms with Gasteiger partial charge in [-0.05, 0) is 31.4 Å². The van der Waals surface area contributed by atoms with Crippen LogP contribution in [0.25, 0.3) is 0 Å². The maximum Gasteiger partial charge on any atom is 0.251 e. The Labute approximate surface area is 153 Å². The quantitative estimate of drug-likeness (QED) is 0.709. The van der Waals surface area contributed by atoms with Gasteiger partial charge in [0, 0.05) is 24.2 Å². The van der Waals surface area contributed by atoms with E-state index in [1.54, 1.807) is 24.3 Å². The van der Waals surface area contributed by atoms with Crippen molar-refractivity contribution in [3.05, 3.63) is 35.9 Å². The summed E-state index contributed by atoms with van der Waals surface area (Å²) in [5.41, 5.74) is 6.06. The summed E-state index contributed by atoms with van der Waals surface area (Å²) in [5, 5.41) is 5.98. The SMILES string of the molecule is NCC(=O)N1C[C@H](NC(=O)c2ccccc2)C[C@H]1C(=O)NC1CCCC1. The molecule has 0 unspecified atom stereocenters. The Bertz CT molecular complexity index is 658. The lowest BCUT2D eigenvalue weighted by atomic mass is 10.1. The molecule has 0 aromatic heterocycles. The molecule has 1 aliphatic carbocycles. The summed E-state index contributed by atoms with van der Waals surface area (Å²) in [7, 11) is 0. The zero-order valence-corrected chi connectivity index (χ0v) is 14.8. The largest absolute Gasteiger partial charge is 0.352 e. The molecule has 26 heavy (non-hydrogen) atoms. The molecule has 0 spiro atoms. The van der Waals surface area contributed by atoms with E-state index in [1.807, 2.05) is 6.07 Å². The molecule has 1 aromatic carbocycles. The minimum atomic E-state index is -0.576. The molecule has 2 fully saturated rings. The van der Waals surface area contributed by atoms with Gasteiger partial charge in [-0.2, -0.15) is 0 Å². The van der Waals surface area contributed by atoms with Crippen LogP contribution in [0.5, 0.6) is 0 Å². The van der Waals surface area contributed by atoms with E-state index in [0.29, 0.717) is 18.5 Å². The molecule has 2 atom stereocenters. The molecule has 3 rings (SSSR count). The zero-order valence-electron chi connectivity index (χ0n) is 14.8. The zero-order chi connectivity index (χ0) is 18.5. The predicted molar refractivity (Wildman–Crippen MR) is 97.3 cm³/mol. The first-order valence-corrected chi connectivity index (χ1v) is 9.24. The fourth-order valence-electron chi connectivity index (χ4n) is 3.81. The van der Waals surface area contributed by atoms with Gasteiger partial charge in [0.05, 0.1) is 6.54 Å². The molecule has 7 nitrogen and oxygen atoms in total. The molecule has 1 saturated heterocycles. The number of nitrogens with one attached hydrogen (secondary N) is 2. The number of hydrogen-bond donors (Lipinski definition) is 3. The second-order valence-electron chi connectivity index (χ2n) is 7.03. The first kappa shape index (κ1) is 18.4. The molecular formula is C19H26N4O3. The lowest BCUT2D eigenvalue weighted by molar-refractivity contribution is -0.137. The number of hydrogen-bond acceptors (Lipinski definition) is 4. The summed E-state index contributed by atoms with van der Waals surface area (Å²) >= 11 is 0. The van der Waals surface area contributed by atoms with E-state index >= 15 is 0 Å². The highest BCUT2D eigenvalue weighted by molar-refractivity contribution is 5.95. The topological polar surface area (TPSA) is 105 Å². The second-order valence-corrected chi connectivity index (χ2v) is 7.03. The third-order valence-electron chi connectivity index (χ3n) is 5.17. The molecule has 2 aliphatic rings. The van der Waals surface area contributed by atoms with Crippen molar-refractivity contribution in [2.45, 2.75) is 50.2 Å². The van der Waals surface area contributed by atoms with Crippen molar-refractivity contribution in [2.75, 3.05) is 13.1 Å². The maximum atomic E-state index is 12.7. The lowest BCUT2D eigenvalue weighted by Gasteiger charge is -2.24. The van der Waals surface area contributed by atoms with Crippen molar-refractivity contribution in [1.82, 2.24) is 15.5 Å². The first-order valence-electron chi connectivity index (χ1n) is 9.24. The Morgan fingerprint density at radius 2 is 1.73 bits per heavy atom. The van der Waals surface area contributed by atoms with E-state index in [0.717, 1.165) is 25.7 Å². The summed E-state index contributed by atoms with van der Waals surface area (Å²) in [6, 6.07) is 8.25. The average Bonchev–Trinajstić information content (AvgIpc) is 3.31. The number of benzene rings is 1. The van der Waals surface area contributed by atoms with Crippen LogP contribution in [0.4, 0.5) is 0 Å². The highest BCUT2D eigenvalue weighted by Gasteiger charge is 2.40. The van der Waals surface area contributed by atoms with Crippen LogP contribution in [0.15, 0.2) is 30.3 Å². The molecule has 0 radical (unpaired) electrons. The van der Waals surface area contributed by atoms with Crippen LogP contribution in [0.1, 0.15) is 42.5 Å². The van der Waals surface area contributed by atoms with E-state index < -0.39 is 6.04 Å². The number of carbonyl (C=O) groups is 3. The van der Waals surface area contributed by atoms with Crippen LogP contribution >= 0.6 is 0 Å². The van der Waals surface area contributed by atoms with Crippen LogP contribution < -0.4 is 16.4 Å². The van der Waals surface area contributed by atoms with Gasteiger partial charge in [-0.25, -0.2) is 0 Å². The molecule has 0 bridgehead atoms. The van der Waals surface area contributed by atoms with Crippen molar-refractivity contribution < 1.29 is 14.4 Å². The van der Waals surface area contributed by atoms with Crippen molar-refractivity contribution in [2.24, 2.45) is 5.73 Å². The highest BCUT2D eigenvalue weighted by Crippen LogP contribution is 2.22. The summed E-state index contributed by atoms with van der Waals surface area (Å²) in [5.74, 6) is -0.615. The number of nitrogens with two attached hydrogens (primary N) is 1. The van der Waals surface area contributed by atoms with Gasteiger partial charge in [0.15, 0.2) is 0 Å². The van der Waals surface area contributed by atoms with E-state index in [-0.39, 0.29) is 36.3 Å². The normalized spacial score (nSPS) is 23.0. The standard InChI is InChI=1S/C19H26N4O3/c20-11-17(24)23-12-15(22-18(25)13-6-2-1-3-7-13)10-16(23)19(26)21-14-8-4-5-9-14/h1-3,6-7,14-16H,4-5,8-12,20H2,(H,21,26)(H,22,25)/t15-,16+/m1/s1. The van der Waals surface area contributed by atoms with Crippen molar-refractivity contribution >= 4 is 17.7 Å². The molecule has 1 aromatic rings. The number of amides is 3. The monoisotopic (exact) mass is 358 g/mol. The van der Waals surface area contributed by atoms with Gasteiger partial charge in [-0.1, -0.05) is 31.0 Å². The van der Waals surface area contributed by atoms with Crippen LogP contribution in [0.3, 0.4) is 0 Å². The second kappa shape index (κ2) is 8.31. The van der Waals surface area contributed by atoms with E-state index in [4.69, 9.17) is 5.73 Å². The smallest absolute Gasteiger partial charge is 0.251 e. The predicted octanol–water partition coefficient (Wildman–Crippen LogP) is 0.403. The van der Waals surface area contributed by atoms with Gasteiger partial charge in [-0.3, -0.25) is 14.4 Å². The van der Waals surface area contributed by atoms with Gasteiger partial charge < -0.3 is 21.3 Å². The van der Waals surface area contributed by atoms with Crippen molar-refractivity contribution in [1.29, 1.82) is 0 Å². The Kier molecular flexibility index (Phi) is 5.88. The van der Waals surface area contributed by atoms with E-state index in [1.165, 1.54) is 4.90 Å². The summed E-state index contributed by atoms with van der Waals surface area (Å²) in [4.78, 5) is 38.7. The molecule has 4 N–H and O–H groups in total. The van der Waals surface area contributed by atoms with Crippen molar-refractivity contribution in [3.8, 4) is 0 Å². The van der Waals surface area contributed by atoms with Crippen molar-refractivity contribution in [3.63, 3.8) is 0 Å². The summed E-state index contributed by atoms with van der Waals surface area (Å²) < 4.78 is 0. The van der Waals surface area contributed by atoms with Gasteiger partial charge >= 0.3 is 0 Å². The molecule has 3 amide bonds. The van der Waals surface area contributed by atoms with Gasteiger partial charge in [0.25, 0.3) is 5.91 Å². The van der Waals surface area contributed by atoms with Crippen LogP contribution in [0.2, 0.25) is 0 Å². The molecule has 1 aliphatic heterocycles. The third kappa shape index (κ3) is 4.22. The Balaban J connectivity index is 1.65. The van der Waals surface area contributed by atoms with Crippen LogP contribution in [0, 0.1) is 0 Å². The van der Waals surface area contributed by atoms with Gasteiger partial charge in [0.1, 0.15) is 6.04 Å². The molecule has 1 heterocycles. The number of carbonyl (C=O) groups excluding carboxylic acids is 3. The van der Waals surface area contributed by atoms with E-state index in [9.17, 15) is 14.4 Å². The number of nitrogens with zero attached hydrogens (tertiary/aromatic N) is 1. The highest BCUT2D eigenvalue weighted by atomic mass is 16.2. The number of likely N-dealkylation sites (tertiary alicyclic amines) is 1. The van der Waals surface area contributed by atoms with Gasteiger partial charge in [0.2, 0.25) is 11.8 Å². The third-order valence-corrected chi connectivity index (χ3v) is 5.17. The van der Waals surface area contributed by atoms with Crippen LogP contribution in [-0.4, -0.2) is 53.8 Å². The minimum Gasteiger partial charge on any atom is -0.352 e. The first-order chi connectivity index (χ1) is 12.6. The summed E-state index contributed by atoms with van der Waals surface area (Å²) in [6.07, 6.45) is 4.62.